The first-order chi connectivity index (χ1) is 14.4. The van der Waals surface area contributed by atoms with Gasteiger partial charge in [0.1, 0.15) is 12.4 Å². The van der Waals surface area contributed by atoms with Gasteiger partial charge in [-0.3, -0.25) is 4.79 Å². The second kappa shape index (κ2) is 8.42. The SMILES string of the molecule is Cc1nc2c(-c3cccc(Cl)c3)cc(Cc3ccc(N(C)CC(=O)O)nc3)cc2s1. The number of halogens is 1. The lowest BCUT2D eigenvalue weighted by Gasteiger charge is -2.15. The molecule has 0 spiro atoms. The highest BCUT2D eigenvalue weighted by Crippen LogP contribution is 2.34. The van der Waals surface area contributed by atoms with Gasteiger partial charge in [0, 0.05) is 23.8 Å². The Bertz CT molecular complexity index is 1220. The van der Waals surface area contributed by atoms with Crippen molar-refractivity contribution in [2.45, 2.75) is 13.3 Å². The molecule has 0 fully saturated rings. The summed E-state index contributed by atoms with van der Waals surface area (Å²) >= 11 is 7.91. The number of pyridine rings is 1. The lowest BCUT2D eigenvalue weighted by Crippen LogP contribution is -2.25. The molecule has 0 saturated heterocycles. The third kappa shape index (κ3) is 4.45. The Kier molecular flexibility index (Phi) is 5.70. The summed E-state index contributed by atoms with van der Waals surface area (Å²) in [6.07, 6.45) is 2.52. The van der Waals surface area contributed by atoms with Gasteiger partial charge >= 0.3 is 5.97 Å². The smallest absolute Gasteiger partial charge is 0.323 e. The normalized spacial score (nSPS) is 11.0. The Hall–Kier alpha value is -2.96. The molecule has 2 heterocycles. The van der Waals surface area contributed by atoms with E-state index in [1.54, 1.807) is 29.5 Å². The van der Waals surface area contributed by atoms with Crippen LogP contribution in [0.25, 0.3) is 21.3 Å². The number of hydrogen-bond acceptors (Lipinski definition) is 5. The number of aliphatic carboxylic acids is 1. The maximum Gasteiger partial charge on any atom is 0.323 e. The van der Waals surface area contributed by atoms with E-state index in [0.717, 1.165) is 43.9 Å². The number of hydrogen-bond donors (Lipinski definition) is 1. The first kappa shape index (κ1) is 20.3. The number of rotatable bonds is 6. The molecule has 0 atom stereocenters. The summed E-state index contributed by atoms with van der Waals surface area (Å²) in [5.74, 6) is -0.251. The molecule has 1 N–H and O–H groups in total. The minimum Gasteiger partial charge on any atom is -0.480 e. The van der Waals surface area contributed by atoms with Gasteiger partial charge in [0.05, 0.1) is 15.2 Å². The van der Waals surface area contributed by atoms with Crippen LogP contribution in [0, 0.1) is 6.92 Å². The van der Waals surface area contributed by atoms with Gasteiger partial charge in [-0.15, -0.1) is 11.3 Å². The van der Waals surface area contributed by atoms with E-state index in [9.17, 15) is 4.79 Å². The molecule has 5 nitrogen and oxygen atoms in total. The number of carboxylic acid groups (broad SMARTS) is 1. The summed E-state index contributed by atoms with van der Waals surface area (Å²) < 4.78 is 1.14. The van der Waals surface area contributed by atoms with Crippen LogP contribution in [0.1, 0.15) is 16.1 Å². The minimum absolute atomic E-state index is 0.0866. The molecule has 152 valence electrons. The third-order valence-corrected chi connectivity index (χ3v) is 5.93. The highest BCUT2D eigenvalue weighted by molar-refractivity contribution is 7.18. The van der Waals surface area contributed by atoms with Crippen molar-refractivity contribution >= 4 is 44.9 Å². The largest absolute Gasteiger partial charge is 0.480 e. The number of fused-ring (bicyclic) bond motifs is 1. The summed E-state index contributed by atoms with van der Waals surface area (Å²) in [4.78, 5) is 21.6. The fourth-order valence-corrected chi connectivity index (χ4v) is 4.55. The number of anilines is 1. The highest BCUT2D eigenvalue weighted by atomic mass is 35.5. The maximum atomic E-state index is 10.9. The van der Waals surface area contributed by atoms with E-state index in [2.05, 4.69) is 17.1 Å². The van der Waals surface area contributed by atoms with Crippen LogP contribution < -0.4 is 4.90 Å². The molecule has 0 amide bonds. The van der Waals surface area contributed by atoms with Gasteiger partial charge in [-0.1, -0.05) is 29.8 Å². The van der Waals surface area contributed by atoms with Crippen LogP contribution in [0.5, 0.6) is 0 Å². The number of aryl methyl sites for hydroxylation is 1. The second-order valence-corrected chi connectivity index (χ2v) is 8.86. The summed E-state index contributed by atoms with van der Waals surface area (Å²) in [7, 11) is 1.72. The average Bonchev–Trinajstić information content (AvgIpc) is 3.07. The van der Waals surface area contributed by atoms with Crippen LogP contribution in [0.3, 0.4) is 0 Å². The van der Waals surface area contributed by atoms with Crippen LogP contribution in [0.15, 0.2) is 54.7 Å². The molecule has 4 rings (SSSR count). The van der Waals surface area contributed by atoms with Crippen molar-refractivity contribution in [2.24, 2.45) is 0 Å². The number of benzene rings is 2. The molecular formula is C23H20ClN3O2S. The van der Waals surface area contributed by atoms with E-state index in [0.29, 0.717) is 10.8 Å². The fourth-order valence-electron chi connectivity index (χ4n) is 3.44. The number of carboxylic acids is 1. The van der Waals surface area contributed by atoms with Gasteiger partial charge in [-0.05, 0) is 60.4 Å². The van der Waals surface area contributed by atoms with Gasteiger partial charge in [-0.2, -0.15) is 0 Å². The molecule has 30 heavy (non-hydrogen) atoms. The van der Waals surface area contributed by atoms with E-state index in [1.807, 2.05) is 43.3 Å². The van der Waals surface area contributed by atoms with Crippen molar-refractivity contribution in [3.05, 3.63) is 75.9 Å². The topological polar surface area (TPSA) is 66.3 Å². The van der Waals surface area contributed by atoms with E-state index >= 15 is 0 Å². The maximum absolute atomic E-state index is 10.9. The van der Waals surface area contributed by atoms with E-state index in [4.69, 9.17) is 21.7 Å². The summed E-state index contributed by atoms with van der Waals surface area (Å²) in [5.41, 5.74) is 5.32. The zero-order valence-corrected chi connectivity index (χ0v) is 18.2. The average molecular weight is 438 g/mol. The molecule has 2 aromatic heterocycles. The molecule has 4 aromatic rings. The summed E-state index contributed by atoms with van der Waals surface area (Å²) in [6.45, 7) is 1.93. The molecule has 0 unspecified atom stereocenters. The Balaban J connectivity index is 1.67. The van der Waals surface area contributed by atoms with Crippen molar-refractivity contribution < 1.29 is 9.90 Å². The molecule has 0 aliphatic rings. The van der Waals surface area contributed by atoms with Crippen LogP contribution in [-0.2, 0) is 11.2 Å². The van der Waals surface area contributed by atoms with Crippen molar-refractivity contribution in [2.75, 3.05) is 18.5 Å². The van der Waals surface area contributed by atoms with E-state index in [1.165, 1.54) is 0 Å². The van der Waals surface area contributed by atoms with Crippen molar-refractivity contribution in [1.82, 2.24) is 9.97 Å². The number of carbonyl (C=O) groups is 1. The molecular weight excluding hydrogens is 418 g/mol. The second-order valence-electron chi connectivity index (χ2n) is 7.18. The Morgan fingerprint density at radius 3 is 2.70 bits per heavy atom. The van der Waals surface area contributed by atoms with Crippen LogP contribution in [0.4, 0.5) is 5.82 Å². The Morgan fingerprint density at radius 2 is 2.00 bits per heavy atom. The third-order valence-electron chi connectivity index (χ3n) is 4.78. The fraction of sp³-hybridized carbons (Fsp3) is 0.174. The van der Waals surface area contributed by atoms with Crippen molar-refractivity contribution in [1.29, 1.82) is 0 Å². The van der Waals surface area contributed by atoms with Gasteiger partial charge < -0.3 is 10.0 Å². The number of likely N-dealkylation sites (N-methyl/N-ethyl adjacent to an activating group) is 1. The van der Waals surface area contributed by atoms with Gasteiger partial charge in [0.2, 0.25) is 0 Å². The zero-order chi connectivity index (χ0) is 21.3. The standard InChI is InChI=1S/C23H20ClN3O2S/c1-14-26-23-19(17-4-3-5-18(24)11-17)9-16(10-20(23)30-14)8-15-6-7-21(25-12-15)27(2)13-22(28)29/h3-7,9-12H,8,13H2,1-2H3,(H,28,29). The van der Waals surface area contributed by atoms with Gasteiger partial charge in [-0.25, -0.2) is 9.97 Å². The predicted molar refractivity (Wildman–Crippen MR) is 123 cm³/mol. The van der Waals surface area contributed by atoms with E-state index in [-0.39, 0.29) is 6.54 Å². The monoisotopic (exact) mass is 437 g/mol. The molecule has 0 aliphatic heterocycles. The molecule has 0 radical (unpaired) electrons. The van der Waals surface area contributed by atoms with Crippen LogP contribution in [0.2, 0.25) is 5.02 Å². The molecule has 0 aliphatic carbocycles. The highest BCUT2D eigenvalue weighted by Gasteiger charge is 2.12. The van der Waals surface area contributed by atoms with Crippen molar-refractivity contribution in [3.8, 4) is 11.1 Å². The number of thiazole rings is 1. The summed E-state index contributed by atoms with van der Waals surface area (Å²) in [5, 5.41) is 10.7. The lowest BCUT2D eigenvalue weighted by molar-refractivity contribution is -0.135. The van der Waals surface area contributed by atoms with E-state index < -0.39 is 5.97 Å². The van der Waals surface area contributed by atoms with Gasteiger partial charge in [0.15, 0.2) is 0 Å². The first-order valence-corrected chi connectivity index (χ1v) is 10.6. The van der Waals surface area contributed by atoms with Crippen LogP contribution in [-0.4, -0.2) is 34.6 Å². The Morgan fingerprint density at radius 1 is 1.17 bits per heavy atom. The quantitative estimate of drug-likeness (QED) is 0.435. The molecule has 2 aromatic carbocycles. The molecule has 0 bridgehead atoms. The predicted octanol–water partition coefficient (Wildman–Crippen LogP) is 5.43. The van der Waals surface area contributed by atoms with Crippen molar-refractivity contribution in [3.63, 3.8) is 0 Å². The Labute approximate surface area is 183 Å². The first-order valence-electron chi connectivity index (χ1n) is 9.43. The number of aromatic nitrogens is 2. The van der Waals surface area contributed by atoms with Crippen LogP contribution >= 0.6 is 22.9 Å². The van der Waals surface area contributed by atoms with Gasteiger partial charge in [0.25, 0.3) is 0 Å². The molecule has 7 heteroatoms. The minimum atomic E-state index is -0.884. The zero-order valence-electron chi connectivity index (χ0n) is 16.6. The molecule has 0 saturated carbocycles. The lowest BCUT2D eigenvalue weighted by atomic mass is 9.98. The number of nitrogens with zero attached hydrogens (tertiary/aromatic N) is 3. The summed E-state index contributed by atoms with van der Waals surface area (Å²) in [6, 6.07) is 16.0.